The number of amides is 1. The first-order valence-electron chi connectivity index (χ1n) is 10.7. The van der Waals surface area contributed by atoms with Crippen LogP contribution in [-0.4, -0.2) is 41.6 Å². The molecular weight excluding hydrogens is 490 g/mol. The highest BCUT2D eigenvalue weighted by atomic mass is 32.2. The summed E-state index contributed by atoms with van der Waals surface area (Å²) < 4.78 is 59.6. The number of benzene rings is 3. The Bertz CT molecular complexity index is 1490. The van der Waals surface area contributed by atoms with E-state index < -0.39 is 32.1 Å². The number of nitrogens with zero attached hydrogens (tertiary/aromatic N) is 1. The van der Waals surface area contributed by atoms with E-state index in [1.807, 2.05) is 26.0 Å². The normalized spacial score (nSPS) is 15.6. The second-order valence-electron chi connectivity index (χ2n) is 8.31. The van der Waals surface area contributed by atoms with Gasteiger partial charge in [-0.05, 0) is 67.4 Å². The van der Waals surface area contributed by atoms with Gasteiger partial charge in [0.2, 0.25) is 10.0 Å². The molecule has 2 N–H and O–H groups in total. The van der Waals surface area contributed by atoms with Gasteiger partial charge in [0.25, 0.3) is 15.9 Å². The quantitative estimate of drug-likeness (QED) is 0.520. The predicted molar refractivity (Wildman–Crippen MR) is 135 cm³/mol. The molecule has 0 radical (unpaired) electrons. The van der Waals surface area contributed by atoms with Crippen molar-refractivity contribution in [3.8, 4) is 5.75 Å². The van der Waals surface area contributed by atoms with Gasteiger partial charge in [-0.15, -0.1) is 0 Å². The monoisotopic (exact) mass is 515 g/mol. The summed E-state index contributed by atoms with van der Waals surface area (Å²) in [5, 5.41) is 2.66. The summed E-state index contributed by atoms with van der Waals surface area (Å²) in [7, 11) is -7.47. The van der Waals surface area contributed by atoms with Gasteiger partial charge in [0.15, 0.2) is 6.10 Å². The van der Waals surface area contributed by atoms with E-state index in [0.717, 1.165) is 21.7 Å². The van der Waals surface area contributed by atoms with Crippen LogP contribution in [0.15, 0.2) is 71.6 Å². The SMILES string of the molecule is Cc1ccc(C)c(NS(=O)(=O)c2ccc(NC(=O)C3CN(S(C)(=O)=O)c4ccccc4O3)cc2)c1. The smallest absolute Gasteiger partial charge is 0.267 e. The maximum Gasteiger partial charge on any atom is 0.267 e. The molecule has 3 aromatic rings. The zero-order valence-corrected chi connectivity index (χ0v) is 21.0. The minimum atomic E-state index is -3.84. The maximum absolute atomic E-state index is 12.9. The third-order valence-electron chi connectivity index (χ3n) is 5.50. The molecule has 1 amide bonds. The average molecular weight is 516 g/mol. The van der Waals surface area contributed by atoms with Crippen molar-refractivity contribution >= 4 is 43.0 Å². The minimum Gasteiger partial charge on any atom is -0.476 e. The van der Waals surface area contributed by atoms with E-state index in [1.54, 1.807) is 30.3 Å². The maximum atomic E-state index is 12.9. The molecule has 3 aromatic carbocycles. The highest BCUT2D eigenvalue weighted by Gasteiger charge is 2.34. The Labute approximate surface area is 204 Å². The Balaban J connectivity index is 1.49. The molecule has 9 nitrogen and oxygen atoms in total. The van der Waals surface area contributed by atoms with Crippen LogP contribution in [0.2, 0.25) is 0 Å². The summed E-state index contributed by atoms with van der Waals surface area (Å²) in [5.74, 6) is -0.277. The molecule has 0 aromatic heterocycles. The van der Waals surface area contributed by atoms with Gasteiger partial charge in [-0.25, -0.2) is 16.8 Å². The van der Waals surface area contributed by atoms with E-state index in [-0.39, 0.29) is 17.2 Å². The highest BCUT2D eigenvalue weighted by molar-refractivity contribution is 7.92. The zero-order chi connectivity index (χ0) is 25.4. The summed E-state index contributed by atoms with van der Waals surface area (Å²) in [6.07, 6.45) is -0.0239. The van der Waals surface area contributed by atoms with Gasteiger partial charge >= 0.3 is 0 Å². The first-order chi connectivity index (χ1) is 16.4. The van der Waals surface area contributed by atoms with E-state index in [9.17, 15) is 21.6 Å². The standard InChI is InChI=1S/C24H25N3O6S2/c1-16-8-9-17(2)20(14-16)26-35(31,32)19-12-10-18(11-13-19)25-24(28)23-15-27(34(3,29)30)21-6-4-5-7-22(21)33-23/h4-14,23,26H,15H2,1-3H3,(H,25,28). The van der Waals surface area contributed by atoms with Crippen molar-refractivity contribution in [2.45, 2.75) is 24.8 Å². The third kappa shape index (κ3) is 5.41. The lowest BCUT2D eigenvalue weighted by Gasteiger charge is -2.33. The first kappa shape index (κ1) is 24.6. The van der Waals surface area contributed by atoms with Crippen LogP contribution >= 0.6 is 0 Å². The number of anilines is 3. The number of fused-ring (bicyclic) bond motifs is 1. The zero-order valence-electron chi connectivity index (χ0n) is 19.3. The van der Waals surface area contributed by atoms with Crippen molar-refractivity contribution in [1.82, 2.24) is 0 Å². The fourth-order valence-electron chi connectivity index (χ4n) is 3.64. The number of aryl methyl sites for hydroxylation is 2. The molecule has 0 spiro atoms. The van der Waals surface area contributed by atoms with Gasteiger partial charge < -0.3 is 10.1 Å². The van der Waals surface area contributed by atoms with Gasteiger partial charge in [-0.2, -0.15) is 0 Å². The van der Waals surface area contributed by atoms with Gasteiger partial charge in [0, 0.05) is 5.69 Å². The van der Waals surface area contributed by atoms with Crippen LogP contribution in [0, 0.1) is 13.8 Å². The molecule has 1 aliphatic heterocycles. The molecule has 0 aliphatic carbocycles. The molecular formula is C24H25N3O6S2. The lowest BCUT2D eigenvalue weighted by atomic mass is 10.1. The minimum absolute atomic E-state index is 0.0301. The summed E-state index contributed by atoms with van der Waals surface area (Å²) in [5.41, 5.74) is 2.92. The summed E-state index contributed by atoms with van der Waals surface area (Å²) in [6, 6.07) is 17.7. The van der Waals surface area contributed by atoms with E-state index >= 15 is 0 Å². The number of rotatable bonds is 6. The molecule has 1 atom stereocenters. The van der Waals surface area contributed by atoms with Crippen molar-refractivity contribution in [2.24, 2.45) is 0 Å². The Hall–Kier alpha value is -3.57. The van der Waals surface area contributed by atoms with Crippen LogP contribution in [0.4, 0.5) is 17.1 Å². The number of sulfonamides is 2. The van der Waals surface area contributed by atoms with Crippen molar-refractivity contribution in [1.29, 1.82) is 0 Å². The first-order valence-corrected chi connectivity index (χ1v) is 14.0. The molecule has 0 saturated carbocycles. The van der Waals surface area contributed by atoms with E-state index in [0.29, 0.717) is 17.1 Å². The van der Waals surface area contributed by atoms with Gasteiger partial charge in [-0.3, -0.25) is 13.8 Å². The molecule has 0 saturated heterocycles. The van der Waals surface area contributed by atoms with Crippen LogP contribution < -0.4 is 19.1 Å². The van der Waals surface area contributed by atoms with E-state index in [2.05, 4.69) is 10.0 Å². The van der Waals surface area contributed by atoms with Crippen LogP contribution in [0.25, 0.3) is 0 Å². The summed E-state index contributed by atoms with van der Waals surface area (Å²) in [4.78, 5) is 12.9. The van der Waals surface area contributed by atoms with Crippen molar-refractivity contribution < 1.29 is 26.4 Å². The molecule has 184 valence electrons. The summed E-state index contributed by atoms with van der Waals surface area (Å²) in [6.45, 7) is 3.50. The molecule has 0 bridgehead atoms. The van der Waals surface area contributed by atoms with Crippen LogP contribution in [0.3, 0.4) is 0 Å². The number of hydrogen-bond acceptors (Lipinski definition) is 6. The van der Waals surface area contributed by atoms with E-state index in [4.69, 9.17) is 4.74 Å². The third-order valence-corrected chi connectivity index (χ3v) is 8.02. The molecule has 1 unspecified atom stereocenters. The number of carbonyl (C=O) groups excluding carboxylic acids is 1. The van der Waals surface area contributed by atoms with Crippen molar-refractivity contribution in [2.75, 3.05) is 27.1 Å². The fourth-order valence-corrected chi connectivity index (χ4v) is 5.68. The van der Waals surface area contributed by atoms with Crippen LogP contribution in [-0.2, 0) is 24.8 Å². The number of carbonyl (C=O) groups is 1. The van der Waals surface area contributed by atoms with Crippen molar-refractivity contribution in [3.05, 3.63) is 77.9 Å². The predicted octanol–water partition coefficient (Wildman–Crippen LogP) is 3.27. The number of ether oxygens (including phenoxy) is 1. The van der Waals surface area contributed by atoms with Gasteiger partial charge in [-0.1, -0.05) is 24.3 Å². The molecule has 1 heterocycles. The molecule has 35 heavy (non-hydrogen) atoms. The van der Waals surface area contributed by atoms with Crippen LogP contribution in [0.1, 0.15) is 11.1 Å². The number of nitrogens with one attached hydrogen (secondary N) is 2. The number of para-hydroxylation sites is 2. The summed E-state index contributed by atoms with van der Waals surface area (Å²) >= 11 is 0. The van der Waals surface area contributed by atoms with Gasteiger partial charge in [0.1, 0.15) is 5.75 Å². The molecule has 0 fully saturated rings. The molecule has 11 heteroatoms. The lowest BCUT2D eigenvalue weighted by molar-refractivity contribution is -0.122. The van der Waals surface area contributed by atoms with Gasteiger partial charge in [0.05, 0.1) is 29.1 Å². The van der Waals surface area contributed by atoms with Crippen molar-refractivity contribution in [3.63, 3.8) is 0 Å². The fraction of sp³-hybridized carbons (Fsp3) is 0.208. The van der Waals surface area contributed by atoms with Crippen LogP contribution in [0.5, 0.6) is 5.75 Å². The Morgan fingerprint density at radius 2 is 1.66 bits per heavy atom. The molecule has 1 aliphatic rings. The number of hydrogen-bond donors (Lipinski definition) is 2. The Morgan fingerprint density at radius 1 is 0.971 bits per heavy atom. The second kappa shape index (κ2) is 9.23. The average Bonchev–Trinajstić information content (AvgIpc) is 2.80. The highest BCUT2D eigenvalue weighted by Crippen LogP contribution is 2.34. The molecule has 4 rings (SSSR count). The largest absolute Gasteiger partial charge is 0.476 e. The Kier molecular flexibility index (Phi) is 6.48. The topological polar surface area (TPSA) is 122 Å². The van der Waals surface area contributed by atoms with E-state index in [1.165, 1.54) is 24.3 Å². The Morgan fingerprint density at radius 3 is 2.34 bits per heavy atom. The second-order valence-corrected chi connectivity index (χ2v) is 11.9. The lowest BCUT2D eigenvalue weighted by Crippen LogP contribution is -2.48.